The molecule has 1 unspecified atom stereocenters. The van der Waals surface area contributed by atoms with Crippen LogP contribution in [0.4, 0.5) is 14.5 Å². The number of benzene rings is 2. The number of anilines is 1. The van der Waals surface area contributed by atoms with E-state index in [1.807, 2.05) is 0 Å². The normalized spacial score (nSPS) is 14.0. The number of ether oxygens (including phenoxy) is 1. The molecule has 30 heavy (non-hydrogen) atoms. The molecule has 1 aliphatic heterocycles. The Hall–Kier alpha value is -3.62. The van der Waals surface area contributed by atoms with E-state index in [0.29, 0.717) is 6.07 Å². The molecular weight excluding hydrogens is 398 g/mol. The molecule has 0 saturated heterocycles. The van der Waals surface area contributed by atoms with Crippen LogP contribution in [0.5, 0.6) is 0 Å². The third-order valence-electron chi connectivity index (χ3n) is 4.72. The van der Waals surface area contributed by atoms with Gasteiger partial charge in [0, 0.05) is 6.07 Å². The second kappa shape index (κ2) is 8.02. The van der Waals surface area contributed by atoms with Crippen LogP contribution < -0.4 is 5.32 Å². The Kier molecular flexibility index (Phi) is 5.64. The summed E-state index contributed by atoms with van der Waals surface area (Å²) < 4.78 is 32.5. The predicted octanol–water partition coefficient (Wildman–Crippen LogP) is 3.01. The second-order valence-electron chi connectivity index (χ2n) is 7.01. The monoisotopic (exact) mass is 416 g/mol. The van der Waals surface area contributed by atoms with Crippen LogP contribution in [0.3, 0.4) is 0 Å². The molecule has 1 aliphatic rings. The average Bonchev–Trinajstić information content (AvgIpc) is 2.95. The van der Waals surface area contributed by atoms with Gasteiger partial charge in [-0.05, 0) is 24.1 Å². The van der Waals surface area contributed by atoms with Gasteiger partial charge in [0.1, 0.15) is 17.7 Å². The maximum absolute atomic E-state index is 14.2. The number of nitrogens with zero attached hydrogens (tertiary/aromatic N) is 1. The lowest BCUT2D eigenvalue weighted by molar-refractivity contribution is -0.121. The first-order valence-electron chi connectivity index (χ1n) is 9.02. The molecule has 3 rings (SSSR count). The number of halogens is 2. The Bertz CT molecular complexity index is 1030. The van der Waals surface area contributed by atoms with Crippen LogP contribution in [0.25, 0.3) is 0 Å². The molecule has 156 valence electrons. The van der Waals surface area contributed by atoms with Gasteiger partial charge in [-0.25, -0.2) is 13.6 Å². The van der Waals surface area contributed by atoms with Crippen molar-refractivity contribution in [1.82, 2.24) is 4.90 Å². The minimum Gasteiger partial charge on any atom is -0.465 e. The van der Waals surface area contributed by atoms with Crippen LogP contribution >= 0.6 is 0 Å². The highest BCUT2D eigenvalue weighted by Crippen LogP contribution is 2.28. The third kappa shape index (κ3) is 3.54. The number of rotatable bonds is 5. The largest absolute Gasteiger partial charge is 0.465 e. The molecule has 7 nitrogen and oxygen atoms in total. The van der Waals surface area contributed by atoms with Crippen molar-refractivity contribution in [3.05, 3.63) is 64.7 Å². The summed E-state index contributed by atoms with van der Waals surface area (Å²) in [6.45, 7) is 3.24. The van der Waals surface area contributed by atoms with Crippen molar-refractivity contribution in [3.8, 4) is 0 Å². The number of carbonyl (C=O) groups is 4. The number of methoxy groups -OCH3 is 1. The number of hydrogen-bond donors (Lipinski definition) is 1. The Morgan fingerprint density at radius 1 is 1.00 bits per heavy atom. The molecule has 0 saturated carbocycles. The molecule has 0 bridgehead atoms. The third-order valence-corrected chi connectivity index (χ3v) is 4.72. The molecular formula is C21H18F2N2O5. The van der Waals surface area contributed by atoms with Gasteiger partial charge in [-0.15, -0.1) is 0 Å². The Labute approximate surface area is 170 Å². The Morgan fingerprint density at radius 3 is 2.07 bits per heavy atom. The van der Waals surface area contributed by atoms with E-state index in [-0.39, 0.29) is 11.1 Å². The van der Waals surface area contributed by atoms with Gasteiger partial charge in [0.15, 0.2) is 0 Å². The summed E-state index contributed by atoms with van der Waals surface area (Å²) in [5.41, 5.74) is -0.719. The van der Waals surface area contributed by atoms with Crippen LogP contribution in [0, 0.1) is 17.6 Å². The number of fused-ring (bicyclic) bond motifs is 1. The van der Waals surface area contributed by atoms with Crippen LogP contribution in [-0.4, -0.2) is 41.7 Å². The van der Waals surface area contributed by atoms with Crippen molar-refractivity contribution < 1.29 is 32.7 Å². The minimum absolute atomic E-state index is 0.168. The van der Waals surface area contributed by atoms with Gasteiger partial charge in [0.2, 0.25) is 5.91 Å². The van der Waals surface area contributed by atoms with E-state index in [2.05, 4.69) is 10.1 Å². The van der Waals surface area contributed by atoms with Crippen LogP contribution in [0.1, 0.15) is 44.9 Å². The summed E-state index contributed by atoms with van der Waals surface area (Å²) in [6, 6.07) is 6.13. The van der Waals surface area contributed by atoms with Crippen molar-refractivity contribution in [3.63, 3.8) is 0 Å². The van der Waals surface area contributed by atoms with Crippen LogP contribution in [0.2, 0.25) is 0 Å². The van der Waals surface area contributed by atoms with Crippen molar-refractivity contribution in [2.24, 2.45) is 5.92 Å². The van der Waals surface area contributed by atoms with E-state index < -0.39 is 58.5 Å². The molecule has 0 spiro atoms. The van der Waals surface area contributed by atoms with Gasteiger partial charge in [-0.1, -0.05) is 26.0 Å². The average molecular weight is 416 g/mol. The molecule has 2 aromatic rings. The smallest absolute Gasteiger partial charge is 0.340 e. The number of hydrogen-bond acceptors (Lipinski definition) is 5. The number of amides is 3. The van der Waals surface area contributed by atoms with E-state index in [4.69, 9.17) is 0 Å². The fourth-order valence-corrected chi connectivity index (χ4v) is 3.30. The van der Waals surface area contributed by atoms with Gasteiger partial charge in [-0.2, -0.15) is 0 Å². The van der Waals surface area contributed by atoms with Crippen molar-refractivity contribution in [1.29, 1.82) is 0 Å². The van der Waals surface area contributed by atoms with Gasteiger partial charge < -0.3 is 10.1 Å². The fraction of sp³-hybridized carbons (Fsp3) is 0.238. The van der Waals surface area contributed by atoms with Crippen molar-refractivity contribution in [2.45, 2.75) is 19.9 Å². The molecule has 0 fully saturated rings. The second-order valence-corrected chi connectivity index (χ2v) is 7.01. The standard InChI is InChI=1S/C21H18F2N2O5/c1-10(2)17(25-19(27)11-6-4-5-7-12(11)20(25)28)18(26)24-16-8-13(21(29)30-3)14(22)9-15(16)23/h4-10,17H,1-3H3,(H,24,26). The molecule has 0 aliphatic carbocycles. The minimum atomic E-state index is -1.26. The molecule has 0 radical (unpaired) electrons. The van der Waals surface area contributed by atoms with E-state index in [0.717, 1.165) is 18.1 Å². The highest BCUT2D eigenvalue weighted by Gasteiger charge is 2.44. The van der Waals surface area contributed by atoms with Gasteiger partial charge in [0.05, 0.1) is 29.5 Å². The van der Waals surface area contributed by atoms with Crippen molar-refractivity contribution >= 4 is 29.4 Å². The first kappa shape index (κ1) is 21.1. The van der Waals surface area contributed by atoms with Gasteiger partial charge in [-0.3, -0.25) is 19.3 Å². The molecule has 3 amide bonds. The van der Waals surface area contributed by atoms with Gasteiger partial charge in [0.25, 0.3) is 11.8 Å². The maximum atomic E-state index is 14.2. The molecule has 9 heteroatoms. The van der Waals surface area contributed by atoms with E-state index in [1.54, 1.807) is 26.0 Å². The molecule has 1 heterocycles. The molecule has 1 atom stereocenters. The number of nitrogens with one attached hydrogen (secondary N) is 1. The van der Waals surface area contributed by atoms with Crippen LogP contribution in [0.15, 0.2) is 36.4 Å². The predicted molar refractivity (Wildman–Crippen MR) is 102 cm³/mol. The molecule has 2 aromatic carbocycles. The summed E-state index contributed by atoms with van der Waals surface area (Å²) >= 11 is 0. The zero-order valence-electron chi connectivity index (χ0n) is 16.4. The zero-order chi connectivity index (χ0) is 22.2. The maximum Gasteiger partial charge on any atom is 0.340 e. The Morgan fingerprint density at radius 2 is 1.57 bits per heavy atom. The first-order valence-corrected chi connectivity index (χ1v) is 9.02. The topological polar surface area (TPSA) is 92.8 Å². The van der Waals surface area contributed by atoms with Crippen LogP contribution in [-0.2, 0) is 9.53 Å². The quantitative estimate of drug-likeness (QED) is 0.598. The number of esters is 1. The summed E-state index contributed by atoms with van der Waals surface area (Å²) in [4.78, 5) is 50.9. The van der Waals surface area contributed by atoms with E-state index >= 15 is 0 Å². The highest BCUT2D eigenvalue weighted by molar-refractivity contribution is 6.23. The zero-order valence-corrected chi connectivity index (χ0v) is 16.4. The van der Waals surface area contributed by atoms with E-state index in [1.165, 1.54) is 12.1 Å². The van der Waals surface area contributed by atoms with E-state index in [9.17, 15) is 28.0 Å². The summed E-state index contributed by atoms with van der Waals surface area (Å²) in [5, 5.41) is 2.25. The lowest BCUT2D eigenvalue weighted by Crippen LogP contribution is -2.50. The SMILES string of the molecule is COC(=O)c1cc(NC(=O)C(C(C)C)N2C(=O)c3ccccc3C2=O)c(F)cc1F. The van der Waals surface area contributed by atoms with Crippen molar-refractivity contribution in [2.75, 3.05) is 12.4 Å². The van der Waals surface area contributed by atoms with Gasteiger partial charge >= 0.3 is 5.97 Å². The first-order chi connectivity index (χ1) is 14.2. The lowest BCUT2D eigenvalue weighted by atomic mass is 10.0. The number of imide groups is 1. The summed E-state index contributed by atoms with van der Waals surface area (Å²) in [5.74, 6) is -5.99. The highest BCUT2D eigenvalue weighted by atomic mass is 19.1. The lowest BCUT2D eigenvalue weighted by Gasteiger charge is -2.28. The molecule has 1 N–H and O–H groups in total. The molecule has 0 aromatic heterocycles. The Balaban J connectivity index is 1.94. The fourth-order valence-electron chi connectivity index (χ4n) is 3.30. The summed E-state index contributed by atoms with van der Waals surface area (Å²) in [7, 11) is 1.03. The summed E-state index contributed by atoms with van der Waals surface area (Å²) in [6.07, 6.45) is 0. The number of carbonyl (C=O) groups excluding carboxylic acids is 4.